The first kappa shape index (κ1) is 21.7. The molecule has 0 bridgehead atoms. The maximum absolute atomic E-state index is 13.8. The van der Waals surface area contributed by atoms with Crippen molar-refractivity contribution in [2.24, 2.45) is 0 Å². The lowest BCUT2D eigenvalue weighted by Crippen LogP contribution is -2.12. The molecule has 0 aliphatic carbocycles. The van der Waals surface area contributed by atoms with Crippen LogP contribution in [0.15, 0.2) is 52.9 Å². The van der Waals surface area contributed by atoms with Gasteiger partial charge in [-0.15, -0.1) is 0 Å². The van der Waals surface area contributed by atoms with Crippen molar-refractivity contribution in [3.8, 4) is 0 Å². The number of ether oxygens (including phenoxy) is 1. The first-order chi connectivity index (χ1) is 13.2. The highest BCUT2D eigenvalue weighted by molar-refractivity contribution is 7.90. The largest absolute Gasteiger partial charge is 0.463 e. The van der Waals surface area contributed by atoms with Gasteiger partial charge in [0.05, 0.1) is 11.5 Å². The zero-order valence-corrected chi connectivity index (χ0v) is 16.2. The predicted molar refractivity (Wildman–Crippen MR) is 100 cm³/mol. The molecule has 0 unspecified atom stereocenters. The number of halogens is 2. The van der Waals surface area contributed by atoms with Crippen molar-refractivity contribution in [3.05, 3.63) is 70.8 Å². The van der Waals surface area contributed by atoms with Gasteiger partial charge < -0.3 is 9.84 Å². The zero-order chi connectivity index (χ0) is 20.9. The van der Waals surface area contributed by atoms with Crippen molar-refractivity contribution >= 4 is 21.4 Å². The van der Waals surface area contributed by atoms with E-state index in [0.29, 0.717) is 5.56 Å². The number of esters is 1. The summed E-state index contributed by atoms with van der Waals surface area (Å²) in [6, 6.07) is 8.80. The predicted octanol–water partition coefficient (Wildman–Crippen LogP) is 3.12. The van der Waals surface area contributed by atoms with Gasteiger partial charge >= 0.3 is 5.97 Å². The fourth-order valence-electron chi connectivity index (χ4n) is 2.69. The van der Waals surface area contributed by atoms with Crippen LogP contribution in [0.5, 0.6) is 0 Å². The second-order valence-corrected chi connectivity index (χ2v) is 7.99. The highest BCUT2D eigenvalue weighted by Crippen LogP contribution is 2.31. The van der Waals surface area contributed by atoms with Crippen molar-refractivity contribution < 1.29 is 31.8 Å². The summed E-state index contributed by atoms with van der Waals surface area (Å²) in [6.45, 7) is 1.33. The summed E-state index contributed by atoms with van der Waals surface area (Å²) in [5.41, 5.74) is 0.895. The van der Waals surface area contributed by atoms with Crippen LogP contribution in [0.3, 0.4) is 0 Å². The zero-order valence-electron chi connectivity index (χ0n) is 15.4. The van der Waals surface area contributed by atoms with Crippen molar-refractivity contribution in [2.45, 2.75) is 18.2 Å². The quantitative estimate of drug-likeness (QED) is 0.560. The van der Waals surface area contributed by atoms with E-state index in [-0.39, 0.29) is 41.2 Å². The van der Waals surface area contributed by atoms with Gasteiger partial charge in [-0.05, 0) is 47.9 Å². The topological polar surface area (TPSA) is 80.7 Å². The Kier molecular flexibility index (Phi) is 7.04. The number of benzene rings is 2. The van der Waals surface area contributed by atoms with E-state index in [9.17, 15) is 27.1 Å². The third-order valence-corrected chi connectivity index (χ3v) is 5.09. The molecule has 0 aliphatic rings. The van der Waals surface area contributed by atoms with Gasteiger partial charge in [-0.25, -0.2) is 22.0 Å². The lowest BCUT2D eigenvalue weighted by molar-refractivity contribution is -0.138. The van der Waals surface area contributed by atoms with Crippen molar-refractivity contribution in [1.82, 2.24) is 0 Å². The minimum Gasteiger partial charge on any atom is -0.463 e. The van der Waals surface area contributed by atoms with Crippen molar-refractivity contribution in [1.29, 1.82) is 0 Å². The first-order valence-corrected chi connectivity index (χ1v) is 10.3. The summed E-state index contributed by atoms with van der Waals surface area (Å²) >= 11 is 0. The van der Waals surface area contributed by atoms with Crippen LogP contribution in [0.25, 0.3) is 5.57 Å². The standard InChI is InChI=1S/C20H20F2O5S/c1-3-27-20(24)16(10-11-23)19(14-6-9-17(21)18(22)12-14)13-4-7-15(8-5-13)28(2,25)26/h4-9,12,23H,3,10-11H2,1-2H3/b19-16+. The molecule has 1 N–H and O–H groups in total. The molecule has 28 heavy (non-hydrogen) atoms. The van der Waals surface area contributed by atoms with Gasteiger partial charge in [0.2, 0.25) is 0 Å². The minimum atomic E-state index is -3.43. The van der Waals surface area contributed by atoms with E-state index in [0.717, 1.165) is 18.4 Å². The highest BCUT2D eigenvalue weighted by atomic mass is 32.2. The third-order valence-electron chi connectivity index (χ3n) is 3.96. The second-order valence-electron chi connectivity index (χ2n) is 5.97. The number of aliphatic hydroxyl groups excluding tert-OH is 1. The summed E-state index contributed by atoms with van der Waals surface area (Å²) in [5.74, 6) is -2.85. The van der Waals surface area contributed by atoms with Crippen LogP contribution in [0, 0.1) is 11.6 Å². The number of hydrogen-bond acceptors (Lipinski definition) is 5. The average molecular weight is 410 g/mol. The highest BCUT2D eigenvalue weighted by Gasteiger charge is 2.21. The number of hydrogen-bond donors (Lipinski definition) is 1. The molecule has 0 aliphatic heterocycles. The number of sulfone groups is 1. The normalized spacial score (nSPS) is 12.5. The molecule has 0 spiro atoms. The van der Waals surface area contributed by atoms with Gasteiger partial charge in [0, 0.05) is 24.9 Å². The van der Waals surface area contributed by atoms with Crippen molar-refractivity contribution in [3.63, 3.8) is 0 Å². The molecule has 0 radical (unpaired) electrons. The lowest BCUT2D eigenvalue weighted by Gasteiger charge is -2.16. The van der Waals surface area contributed by atoms with E-state index in [1.54, 1.807) is 6.92 Å². The first-order valence-electron chi connectivity index (χ1n) is 8.46. The van der Waals surface area contributed by atoms with E-state index in [1.807, 2.05) is 0 Å². The van der Waals surface area contributed by atoms with Crippen molar-refractivity contribution in [2.75, 3.05) is 19.5 Å². The fraction of sp³-hybridized carbons (Fsp3) is 0.250. The Morgan fingerprint density at radius 1 is 1.04 bits per heavy atom. The molecule has 0 atom stereocenters. The molecule has 2 aromatic rings. The molecular formula is C20H20F2O5S. The fourth-order valence-corrected chi connectivity index (χ4v) is 3.33. The smallest absolute Gasteiger partial charge is 0.334 e. The van der Waals surface area contributed by atoms with E-state index in [1.165, 1.54) is 30.3 Å². The number of rotatable bonds is 7. The summed E-state index contributed by atoms with van der Waals surface area (Å²) in [5, 5.41) is 9.39. The molecular weight excluding hydrogens is 390 g/mol. The third kappa shape index (κ3) is 5.02. The van der Waals surface area contributed by atoms with E-state index >= 15 is 0 Å². The average Bonchev–Trinajstić information content (AvgIpc) is 2.64. The Balaban J connectivity index is 2.75. The monoisotopic (exact) mass is 410 g/mol. The van der Waals surface area contributed by atoms with Crippen LogP contribution >= 0.6 is 0 Å². The lowest BCUT2D eigenvalue weighted by atomic mass is 9.91. The SMILES string of the molecule is CCOC(=O)/C(CCO)=C(\c1ccc(S(C)(=O)=O)cc1)c1ccc(F)c(F)c1. The van der Waals surface area contributed by atoms with E-state index in [4.69, 9.17) is 4.74 Å². The van der Waals surface area contributed by atoms with Crippen LogP contribution in [-0.4, -0.2) is 39.0 Å². The van der Waals surface area contributed by atoms with Gasteiger partial charge in [-0.1, -0.05) is 18.2 Å². The molecule has 5 nitrogen and oxygen atoms in total. The Morgan fingerprint density at radius 2 is 1.64 bits per heavy atom. The molecule has 0 saturated heterocycles. The molecule has 0 fully saturated rings. The second kappa shape index (κ2) is 9.07. The maximum Gasteiger partial charge on any atom is 0.334 e. The number of carbonyl (C=O) groups is 1. The molecule has 150 valence electrons. The van der Waals surface area contributed by atoms with Gasteiger partial charge in [0.25, 0.3) is 0 Å². The molecule has 0 amide bonds. The van der Waals surface area contributed by atoms with Gasteiger partial charge in [0.1, 0.15) is 0 Å². The van der Waals surface area contributed by atoms with Crippen LogP contribution in [0.2, 0.25) is 0 Å². The molecule has 8 heteroatoms. The van der Waals surface area contributed by atoms with E-state index < -0.39 is 27.4 Å². The molecule has 2 aromatic carbocycles. The van der Waals surface area contributed by atoms with Crippen LogP contribution in [-0.2, 0) is 19.4 Å². The van der Waals surface area contributed by atoms with E-state index in [2.05, 4.69) is 0 Å². The summed E-state index contributed by atoms with van der Waals surface area (Å²) in [7, 11) is -3.43. The summed E-state index contributed by atoms with van der Waals surface area (Å²) in [6.07, 6.45) is 0.977. The maximum atomic E-state index is 13.8. The number of carbonyl (C=O) groups excluding carboxylic acids is 1. The summed E-state index contributed by atoms with van der Waals surface area (Å²) in [4.78, 5) is 12.5. The summed E-state index contributed by atoms with van der Waals surface area (Å²) < 4.78 is 55.6. The van der Waals surface area contributed by atoms with Gasteiger partial charge in [-0.3, -0.25) is 0 Å². The Morgan fingerprint density at radius 3 is 2.14 bits per heavy atom. The molecule has 0 saturated carbocycles. The molecule has 0 heterocycles. The number of aliphatic hydroxyl groups is 1. The van der Waals surface area contributed by atoms with Gasteiger partial charge in [-0.2, -0.15) is 0 Å². The Labute approximate surface area is 162 Å². The van der Waals surface area contributed by atoms with Crippen LogP contribution < -0.4 is 0 Å². The Hall–Kier alpha value is -2.58. The molecule has 2 rings (SSSR count). The van der Waals surface area contributed by atoms with Crippen LogP contribution in [0.4, 0.5) is 8.78 Å². The Bertz CT molecular complexity index is 996. The van der Waals surface area contributed by atoms with Gasteiger partial charge in [0.15, 0.2) is 21.5 Å². The van der Waals surface area contributed by atoms with Crippen LogP contribution in [0.1, 0.15) is 24.5 Å². The minimum absolute atomic E-state index is 0.0701. The molecule has 0 aromatic heterocycles.